The van der Waals surface area contributed by atoms with Crippen LogP contribution in [0, 0.1) is 5.92 Å². The van der Waals surface area contributed by atoms with Crippen molar-refractivity contribution in [2.24, 2.45) is 5.92 Å². The molecule has 3 amide bonds. The van der Waals surface area contributed by atoms with Gasteiger partial charge in [0.25, 0.3) is 0 Å². The number of rotatable bonds is 12. The van der Waals surface area contributed by atoms with Gasteiger partial charge in [0.2, 0.25) is 17.7 Å². The highest BCUT2D eigenvalue weighted by atomic mass is 16.5. The van der Waals surface area contributed by atoms with Crippen molar-refractivity contribution in [3.63, 3.8) is 0 Å². The summed E-state index contributed by atoms with van der Waals surface area (Å²) in [5, 5.41) is 26.4. The van der Waals surface area contributed by atoms with Gasteiger partial charge < -0.3 is 30.9 Å². The molecule has 0 fully saturated rings. The fraction of sp³-hybridized carbons (Fsp3) is 0.619. The maximum absolute atomic E-state index is 12.4. The first kappa shape index (κ1) is 26.3. The van der Waals surface area contributed by atoms with Crippen molar-refractivity contribution < 1.29 is 34.1 Å². The zero-order valence-electron chi connectivity index (χ0n) is 18.3. The van der Waals surface area contributed by atoms with Crippen LogP contribution in [-0.4, -0.2) is 66.3 Å². The van der Waals surface area contributed by atoms with Crippen LogP contribution >= 0.6 is 0 Å². The Morgan fingerprint density at radius 2 is 1.71 bits per heavy atom. The van der Waals surface area contributed by atoms with Gasteiger partial charge in [0.1, 0.15) is 12.1 Å². The van der Waals surface area contributed by atoms with Crippen molar-refractivity contribution in [2.75, 3.05) is 20.3 Å². The number of esters is 1. The van der Waals surface area contributed by atoms with Gasteiger partial charge in [-0.2, -0.15) is 0 Å². The van der Waals surface area contributed by atoms with E-state index in [-0.39, 0.29) is 43.8 Å². The molecule has 10 heteroatoms. The van der Waals surface area contributed by atoms with Crippen molar-refractivity contribution in [1.29, 1.82) is 0 Å². The third-order valence-electron chi connectivity index (χ3n) is 4.79. The smallest absolute Gasteiger partial charge is 0.305 e. The van der Waals surface area contributed by atoms with E-state index in [1.807, 2.05) is 0 Å². The Morgan fingerprint density at radius 1 is 1.06 bits per heavy atom. The highest BCUT2D eigenvalue weighted by Gasteiger charge is 2.22. The van der Waals surface area contributed by atoms with E-state index in [2.05, 4.69) is 20.7 Å². The summed E-state index contributed by atoms with van der Waals surface area (Å²) in [6.07, 6.45) is 5.26. The molecule has 3 atom stereocenters. The Morgan fingerprint density at radius 3 is 2.32 bits per heavy atom. The molecule has 0 aliphatic heterocycles. The molecule has 0 bridgehead atoms. The quantitative estimate of drug-likeness (QED) is 0.206. The molecule has 0 spiro atoms. The molecule has 0 heterocycles. The Labute approximate surface area is 182 Å². The van der Waals surface area contributed by atoms with E-state index in [9.17, 15) is 29.4 Å². The standard InChI is InChI=1S/C21H33N3O7/c1-13(22-18(27)6-4-5-7-19(28)31-3)20(29)23-14(2)21(30)24-17-9-15(11-25)8-16(10-17)12-26/h9-10,13-15,25-26H,4-8,11-12H2,1-3H3,(H,22,27)(H,23,29)(H,24,30)/t13-,14-,15?/m0/s1. The second kappa shape index (κ2) is 13.6. The first-order chi connectivity index (χ1) is 14.7. The van der Waals surface area contributed by atoms with Crippen LogP contribution in [0.1, 0.15) is 46.0 Å². The Balaban J connectivity index is 2.45. The minimum Gasteiger partial charge on any atom is -0.469 e. The highest BCUT2D eigenvalue weighted by Crippen LogP contribution is 2.21. The van der Waals surface area contributed by atoms with E-state index >= 15 is 0 Å². The molecule has 5 N–H and O–H groups in total. The van der Waals surface area contributed by atoms with Gasteiger partial charge in [-0.15, -0.1) is 0 Å². The molecular weight excluding hydrogens is 406 g/mol. The second-order valence-electron chi connectivity index (χ2n) is 7.52. The van der Waals surface area contributed by atoms with Crippen molar-refractivity contribution >= 4 is 23.7 Å². The first-order valence-electron chi connectivity index (χ1n) is 10.3. The number of unbranched alkanes of at least 4 members (excludes halogenated alkanes) is 1. The summed E-state index contributed by atoms with van der Waals surface area (Å²) >= 11 is 0. The molecule has 0 aromatic rings. The summed E-state index contributed by atoms with van der Waals surface area (Å²) in [6.45, 7) is 2.75. The number of hydrogen-bond donors (Lipinski definition) is 5. The van der Waals surface area contributed by atoms with Crippen LogP contribution in [0.4, 0.5) is 0 Å². The number of ether oxygens (including phenoxy) is 1. The lowest BCUT2D eigenvalue weighted by Crippen LogP contribution is -2.51. The molecule has 31 heavy (non-hydrogen) atoms. The van der Waals surface area contributed by atoms with Crippen molar-refractivity contribution in [2.45, 2.75) is 58.0 Å². The average molecular weight is 440 g/mol. The molecule has 1 aliphatic carbocycles. The molecule has 0 aromatic heterocycles. The molecule has 1 aliphatic rings. The van der Waals surface area contributed by atoms with Gasteiger partial charge in [0.15, 0.2) is 0 Å². The summed E-state index contributed by atoms with van der Waals surface area (Å²) in [6, 6.07) is -1.70. The third-order valence-corrected chi connectivity index (χ3v) is 4.79. The molecule has 0 radical (unpaired) electrons. The fourth-order valence-electron chi connectivity index (χ4n) is 2.97. The van der Waals surface area contributed by atoms with Crippen LogP contribution in [-0.2, 0) is 23.9 Å². The summed E-state index contributed by atoms with van der Waals surface area (Å²) in [5.41, 5.74) is 1.14. The topological polar surface area (TPSA) is 154 Å². The van der Waals surface area contributed by atoms with Crippen molar-refractivity contribution in [3.05, 3.63) is 23.4 Å². The van der Waals surface area contributed by atoms with Gasteiger partial charge >= 0.3 is 5.97 Å². The van der Waals surface area contributed by atoms with Crippen LogP contribution < -0.4 is 16.0 Å². The summed E-state index contributed by atoms with van der Waals surface area (Å²) in [5.74, 6) is -1.83. The van der Waals surface area contributed by atoms with Gasteiger partial charge in [-0.05, 0) is 44.8 Å². The Kier molecular flexibility index (Phi) is 11.5. The molecular formula is C21H33N3O7. The molecule has 0 saturated heterocycles. The zero-order chi connectivity index (χ0) is 23.4. The summed E-state index contributed by atoms with van der Waals surface area (Å²) in [7, 11) is 1.30. The minimum atomic E-state index is -0.867. The van der Waals surface area contributed by atoms with Crippen molar-refractivity contribution in [1.82, 2.24) is 16.0 Å². The van der Waals surface area contributed by atoms with E-state index in [1.165, 1.54) is 21.0 Å². The van der Waals surface area contributed by atoms with Crippen LogP contribution in [0.25, 0.3) is 0 Å². The predicted molar refractivity (Wildman–Crippen MR) is 112 cm³/mol. The van der Waals surface area contributed by atoms with E-state index in [0.29, 0.717) is 30.5 Å². The SMILES string of the molecule is COC(=O)CCCCC(=O)N[C@@H](C)C(=O)N[C@@H](C)C(=O)NC1=CC(CO)CC(CO)=C1. The lowest BCUT2D eigenvalue weighted by atomic mass is 9.93. The second-order valence-corrected chi connectivity index (χ2v) is 7.52. The predicted octanol–water partition coefficient (Wildman–Crippen LogP) is -0.340. The van der Waals surface area contributed by atoms with Crippen molar-refractivity contribution in [3.8, 4) is 0 Å². The van der Waals surface area contributed by atoms with Gasteiger partial charge in [-0.25, -0.2) is 0 Å². The van der Waals surface area contributed by atoms with Crippen LogP contribution in [0.15, 0.2) is 23.4 Å². The van der Waals surface area contributed by atoms with Crippen LogP contribution in [0.2, 0.25) is 0 Å². The van der Waals surface area contributed by atoms with Gasteiger partial charge in [0, 0.05) is 31.1 Å². The monoisotopic (exact) mass is 439 g/mol. The van der Waals surface area contributed by atoms with Gasteiger partial charge in [-0.3, -0.25) is 19.2 Å². The minimum absolute atomic E-state index is 0.108. The van der Waals surface area contributed by atoms with Crippen LogP contribution in [0.3, 0.4) is 0 Å². The maximum atomic E-state index is 12.4. The van der Waals surface area contributed by atoms with E-state index < -0.39 is 23.9 Å². The number of allylic oxidation sites excluding steroid dienone is 1. The van der Waals surface area contributed by atoms with Crippen LogP contribution in [0.5, 0.6) is 0 Å². The van der Waals surface area contributed by atoms with Gasteiger partial charge in [0.05, 0.1) is 13.7 Å². The van der Waals surface area contributed by atoms with Gasteiger partial charge in [-0.1, -0.05) is 6.08 Å². The number of carbonyl (C=O) groups is 4. The zero-order valence-corrected chi connectivity index (χ0v) is 18.3. The molecule has 10 nitrogen and oxygen atoms in total. The molecule has 1 unspecified atom stereocenters. The number of methoxy groups -OCH3 is 1. The van der Waals surface area contributed by atoms with E-state index in [1.54, 1.807) is 12.2 Å². The van der Waals surface area contributed by atoms with E-state index in [0.717, 1.165) is 0 Å². The maximum Gasteiger partial charge on any atom is 0.305 e. The molecule has 174 valence electrons. The molecule has 1 rings (SSSR count). The van der Waals surface area contributed by atoms with E-state index in [4.69, 9.17) is 0 Å². The Hall–Kier alpha value is -2.72. The highest BCUT2D eigenvalue weighted by molar-refractivity contribution is 5.92. The summed E-state index contributed by atoms with van der Waals surface area (Å²) in [4.78, 5) is 47.6. The number of aliphatic hydroxyl groups is 2. The number of carbonyl (C=O) groups excluding carboxylic acids is 4. The average Bonchev–Trinajstić information content (AvgIpc) is 2.75. The third kappa shape index (κ3) is 9.75. The normalized spacial score (nSPS) is 17.5. The number of aliphatic hydroxyl groups excluding tert-OH is 2. The molecule has 0 saturated carbocycles. The summed E-state index contributed by atoms with van der Waals surface area (Å²) < 4.78 is 4.53. The lowest BCUT2D eigenvalue weighted by Gasteiger charge is -2.22. The first-order valence-corrected chi connectivity index (χ1v) is 10.3. The number of amides is 3. The fourth-order valence-corrected chi connectivity index (χ4v) is 2.97. The molecule has 0 aromatic carbocycles. The number of hydrogen-bond acceptors (Lipinski definition) is 7. The Bertz CT molecular complexity index is 718. The lowest BCUT2D eigenvalue weighted by molar-refractivity contribution is -0.140. The number of nitrogens with one attached hydrogen (secondary N) is 3. The largest absolute Gasteiger partial charge is 0.469 e.